The zero-order valence-corrected chi connectivity index (χ0v) is 13.0. The highest BCUT2D eigenvalue weighted by atomic mass is 16.5. The maximum atomic E-state index is 12.5. The van der Waals surface area contributed by atoms with E-state index >= 15 is 0 Å². The maximum Gasteiger partial charge on any atom is 0.180 e. The molecule has 0 radical (unpaired) electrons. The van der Waals surface area contributed by atoms with Gasteiger partial charge in [0.1, 0.15) is 5.75 Å². The van der Waals surface area contributed by atoms with Crippen molar-refractivity contribution in [2.24, 2.45) is 11.8 Å². The topological polar surface area (TPSA) is 29.5 Å². The molecule has 0 amide bonds. The van der Waals surface area contributed by atoms with Gasteiger partial charge in [-0.3, -0.25) is 9.69 Å². The lowest BCUT2D eigenvalue weighted by Crippen LogP contribution is -2.41. The van der Waals surface area contributed by atoms with Crippen molar-refractivity contribution >= 4 is 5.78 Å². The summed E-state index contributed by atoms with van der Waals surface area (Å²) in [5.74, 6) is 2.19. The van der Waals surface area contributed by atoms with Crippen LogP contribution in [0.5, 0.6) is 5.75 Å². The molecule has 1 aromatic carbocycles. The average Bonchev–Trinajstić information content (AvgIpc) is 2.37. The van der Waals surface area contributed by atoms with Crippen LogP contribution >= 0.6 is 0 Å². The van der Waals surface area contributed by atoms with Gasteiger partial charge in [0.15, 0.2) is 5.78 Å². The zero-order valence-electron chi connectivity index (χ0n) is 13.0. The smallest absolute Gasteiger partial charge is 0.180 e. The average molecular weight is 275 g/mol. The number of aryl methyl sites for hydroxylation is 1. The number of carbonyl (C=O) groups excluding carboxylic acids is 1. The van der Waals surface area contributed by atoms with Gasteiger partial charge in [0.2, 0.25) is 0 Å². The molecule has 1 aromatic rings. The fraction of sp³-hybridized carbons (Fsp3) is 0.588. The largest absolute Gasteiger partial charge is 0.496 e. The van der Waals surface area contributed by atoms with Crippen molar-refractivity contribution in [3.63, 3.8) is 0 Å². The molecule has 20 heavy (non-hydrogen) atoms. The first-order chi connectivity index (χ1) is 9.49. The Hall–Kier alpha value is -1.35. The molecule has 2 unspecified atom stereocenters. The highest BCUT2D eigenvalue weighted by Gasteiger charge is 2.24. The number of hydrogen-bond donors (Lipinski definition) is 0. The van der Waals surface area contributed by atoms with Gasteiger partial charge in [0.05, 0.1) is 19.2 Å². The molecule has 1 aliphatic heterocycles. The third kappa shape index (κ3) is 3.60. The molecule has 1 aliphatic rings. The van der Waals surface area contributed by atoms with E-state index in [-0.39, 0.29) is 5.78 Å². The first-order valence-electron chi connectivity index (χ1n) is 7.39. The summed E-state index contributed by atoms with van der Waals surface area (Å²) < 4.78 is 5.34. The van der Waals surface area contributed by atoms with E-state index in [0.29, 0.717) is 29.7 Å². The normalized spacial score (nSPS) is 23.6. The number of carbonyl (C=O) groups is 1. The van der Waals surface area contributed by atoms with Gasteiger partial charge in [-0.1, -0.05) is 19.9 Å². The van der Waals surface area contributed by atoms with Crippen molar-refractivity contribution < 1.29 is 9.53 Å². The third-order valence-corrected chi connectivity index (χ3v) is 3.97. The molecule has 1 saturated heterocycles. The molecule has 0 aromatic heterocycles. The highest BCUT2D eigenvalue weighted by Crippen LogP contribution is 2.24. The summed E-state index contributed by atoms with van der Waals surface area (Å²) in [7, 11) is 1.62. The number of Topliss-reactive ketones (excluding diaryl/α,β-unsaturated/α-hetero) is 1. The molecule has 0 N–H and O–H groups in total. The van der Waals surface area contributed by atoms with Crippen LogP contribution in [0.15, 0.2) is 18.2 Å². The van der Waals surface area contributed by atoms with Crippen LogP contribution in [0.2, 0.25) is 0 Å². The van der Waals surface area contributed by atoms with Gasteiger partial charge in [-0.05, 0) is 42.9 Å². The fourth-order valence-corrected chi connectivity index (χ4v) is 3.24. The number of likely N-dealkylation sites (tertiary alicyclic amines) is 1. The van der Waals surface area contributed by atoms with E-state index < -0.39 is 0 Å². The molecule has 3 nitrogen and oxygen atoms in total. The van der Waals surface area contributed by atoms with Gasteiger partial charge in [-0.2, -0.15) is 0 Å². The second kappa shape index (κ2) is 6.40. The summed E-state index contributed by atoms with van der Waals surface area (Å²) in [6, 6.07) is 5.78. The number of benzene rings is 1. The lowest BCUT2D eigenvalue weighted by Gasteiger charge is -2.34. The molecular formula is C17H25NO2. The summed E-state index contributed by atoms with van der Waals surface area (Å²) in [5, 5.41) is 0. The Kier molecular flexibility index (Phi) is 4.81. The Labute approximate surface area is 121 Å². The van der Waals surface area contributed by atoms with Gasteiger partial charge in [0, 0.05) is 13.1 Å². The Morgan fingerprint density at radius 2 is 1.95 bits per heavy atom. The monoisotopic (exact) mass is 275 g/mol. The SMILES string of the molecule is COc1cc(C)ccc1C(=O)CN1CC(C)CC(C)C1. The van der Waals surface area contributed by atoms with Crippen molar-refractivity contribution in [1.29, 1.82) is 0 Å². The predicted molar refractivity (Wildman–Crippen MR) is 81.4 cm³/mol. The number of piperidine rings is 1. The van der Waals surface area contributed by atoms with Crippen LogP contribution in [-0.4, -0.2) is 37.4 Å². The summed E-state index contributed by atoms with van der Waals surface area (Å²) >= 11 is 0. The van der Waals surface area contributed by atoms with Crippen molar-refractivity contribution in [2.75, 3.05) is 26.7 Å². The van der Waals surface area contributed by atoms with E-state index in [2.05, 4.69) is 18.7 Å². The van der Waals surface area contributed by atoms with Crippen molar-refractivity contribution in [3.8, 4) is 5.75 Å². The maximum absolute atomic E-state index is 12.5. The second-order valence-corrected chi connectivity index (χ2v) is 6.27. The van der Waals surface area contributed by atoms with E-state index in [1.807, 2.05) is 25.1 Å². The standard InChI is InChI=1S/C17H25NO2/c1-12-5-6-15(17(8-12)20-4)16(19)11-18-9-13(2)7-14(3)10-18/h5-6,8,13-14H,7,9-11H2,1-4H3. The van der Waals surface area contributed by atoms with E-state index in [1.165, 1.54) is 6.42 Å². The van der Waals surface area contributed by atoms with E-state index in [1.54, 1.807) is 7.11 Å². The van der Waals surface area contributed by atoms with Gasteiger partial charge in [-0.25, -0.2) is 0 Å². The molecule has 0 saturated carbocycles. The molecule has 0 bridgehead atoms. The first kappa shape index (κ1) is 15.0. The van der Waals surface area contributed by atoms with E-state index in [9.17, 15) is 4.79 Å². The lowest BCUT2D eigenvalue weighted by molar-refractivity contribution is 0.0847. The summed E-state index contributed by atoms with van der Waals surface area (Å²) in [6.45, 7) is 9.06. The van der Waals surface area contributed by atoms with Crippen LogP contribution in [0.4, 0.5) is 0 Å². The number of methoxy groups -OCH3 is 1. The first-order valence-corrected chi connectivity index (χ1v) is 7.39. The molecule has 110 valence electrons. The molecule has 2 rings (SSSR count). The Bertz CT molecular complexity index is 474. The number of hydrogen-bond acceptors (Lipinski definition) is 3. The van der Waals surface area contributed by atoms with Gasteiger partial charge in [-0.15, -0.1) is 0 Å². The van der Waals surface area contributed by atoms with Crippen LogP contribution in [0, 0.1) is 18.8 Å². The number of ketones is 1. The molecule has 1 fully saturated rings. The van der Waals surface area contributed by atoms with Crippen LogP contribution in [0.3, 0.4) is 0 Å². The molecule has 3 heteroatoms. The Balaban J connectivity index is 2.08. The van der Waals surface area contributed by atoms with Crippen LogP contribution in [-0.2, 0) is 0 Å². The number of ether oxygens (including phenoxy) is 1. The van der Waals surface area contributed by atoms with Crippen molar-refractivity contribution in [3.05, 3.63) is 29.3 Å². The molecule has 1 heterocycles. The van der Waals surface area contributed by atoms with Gasteiger partial charge >= 0.3 is 0 Å². The van der Waals surface area contributed by atoms with Gasteiger partial charge < -0.3 is 4.74 Å². The quantitative estimate of drug-likeness (QED) is 0.791. The van der Waals surface area contributed by atoms with E-state index in [0.717, 1.165) is 18.7 Å². The Morgan fingerprint density at radius 1 is 1.30 bits per heavy atom. The second-order valence-electron chi connectivity index (χ2n) is 6.27. The highest BCUT2D eigenvalue weighted by molar-refractivity contribution is 6.00. The van der Waals surface area contributed by atoms with Crippen LogP contribution in [0.1, 0.15) is 36.2 Å². The molecule has 0 aliphatic carbocycles. The molecular weight excluding hydrogens is 250 g/mol. The summed E-state index contributed by atoms with van der Waals surface area (Å²) in [4.78, 5) is 14.8. The summed E-state index contributed by atoms with van der Waals surface area (Å²) in [5.41, 5.74) is 1.81. The van der Waals surface area contributed by atoms with Crippen molar-refractivity contribution in [2.45, 2.75) is 27.2 Å². The molecule has 0 spiro atoms. The van der Waals surface area contributed by atoms with Crippen molar-refractivity contribution in [1.82, 2.24) is 4.90 Å². The number of nitrogens with zero attached hydrogens (tertiary/aromatic N) is 1. The van der Waals surface area contributed by atoms with Gasteiger partial charge in [0.25, 0.3) is 0 Å². The minimum Gasteiger partial charge on any atom is -0.496 e. The van der Waals surface area contributed by atoms with Crippen LogP contribution < -0.4 is 4.74 Å². The molecule has 2 atom stereocenters. The predicted octanol–water partition coefficient (Wildman–Crippen LogP) is 3.16. The van der Waals surface area contributed by atoms with Crippen LogP contribution in [0.25, 0.3) is 0 Å². The minimum atomic E-state index is 0.156. The van der Waals surface area contributed by atoms with E-state index in [4.69, 9.17) is 4.74 Å². The minimum absolute atomic E-state index is 0.156. The fourth-order valence-electron chi connectivity index (χ4n) is 3.24. The lowest BCUT2D eigenvalue weighted by atomic mass is 9.91. The summed E-state index contributed by atoms with van der Waals surface area (Å²) in [6.07, 6.45) is 1.26. The third-order valence-electron chi connectivity index (χ3n) is 3.97. The Morgan fingerprint density at radius 3 is 2.55 bits per heavy atom. The number of rotatable bonds is 4. The zero-order chi connectivity index (χ0) is 14.7.